The van der Waals surface area contributed by atoms with Crippen LogP contribution in [0, 0.1) is 29.6 Å². The molecule has 1 saturated heterocycles. The smallest absolute Gasteiger partial charge is 0.356 e. The van der Waals surface area contributed by atoms with E-state index >= 15 is 0 Å². The molecule has 1 aliphatic rings. The van der Waals surface area contributed by atoms with Gasteiger partial charge in [-0.2, -0.15) is 10.5 Å². The molecule has 12 heteroatoms. The van der Waals surface area contributed by atoms with Crippen molar-refractivity contribution in [1.82, 2.24) is 14.4 Å². The van der Waals surface area contributed by atoms with Crippen molar-refractivity contribution in [3.63, 3.8) is 0 Å². The summed E-state index contributed by atoms with van der Waals surface area (Å²) in [4.78, 5) is 38.5. The SMILES string of the molecule is Cc1cc(C(C)Nc2ccc(Cl)nc2C(=O)O)c2nc(N3CCN(c4ccc(C#N)cc4)C[C@@H]3C)c(C#N)c(=O)n2c1. The first kappa shape index (κ1) is 28.4. The largest absolute Gasteiger partial charge is 0.476 e. The minimum absolute atomic E-state index is 0.0431. The number of hydrogen-bond acceptors (Lipinski definition) is 9. The summed E-state index contributed by atoms with van der Waals surface area (Å²) in [6, 6.07) is 15.9. The Bertz CT molecular complexity index is 1840. The van der Waals surface area contributed by atoms with Gasteiger partial charge in [-0.15, -0.1) is 0 Å². The first-order chi connectivity index (χ1) is 20.1. The quantitative estimate of drug-likeness (QED) is 0.313. The number of halogens is 1. The van der Waals surface area contributed by atoms with Crippen molar-refractivity contribution in [2.24, 2.45) is 0 Å². The molecule has 4 heterocycles. The van der Waals surface area contributed by atoms with Gasteiger partial charge in [0.25, 0.3) is 5.56 Å². The molecule has 1 aromatic carbocycles. The van der Waals surface area contributed by atoms with Crippen LogP contribution in [0.4, 0.5) is 17.2 Å². The van der Waals surface area contributed by atoms with Crippen LogP contribution in [-0.4, -0.2) is 51.1 Å². The third-order valence-corrected chi connectivity index (χ3v) is 7.56. The Morgan fingerprint density at radius 1 is 1.14 bits per heavy atom. The highest BCUT2D eigenvalue weighted by molar-refractivity contribution is 6.29. The van der Waals surface area contributed by atoms with Crippen molar-refractivity contribution in [2.45, 2.75) is 32.9 Å². The highest BCUT2D eigenvalue weighted by atomic mass is 35.5. The van der Waals surface area contributed by atoms with Crippen LogP contribution >= 0.6 is 11.6 Å². The lowest BCUT2D eigenvalue weighted by Gasteiger charge is -2.42. The second kappa shape index (κ2) is 11.4. The van der Waals surface area contributed by atoms with Crippen molar-refractivity contribution < 1.29 is 9.90 Å². The van der Waals surface area contributed by atoms with E-state index in [1.165, 1.54) is 10.5 Å². The number of nitrogens with one attached hydrogen (secondary N) is 1. The number of aryl methyl sites for hydroxylation is 1. The molecule has 0 radical (unpaired) electrons. The zero-order chi connectivity index (χ0) is 30.1. The number of rotatable bonds is 6. The molecule has 1 aliphatic heterocycles. The molecule has 1 fully saturated rings. The molecule has 42 heavy (non-hydrogen) atoms. The number of nitrogens with zero attached hydrogens (tertiary/aromatic N) is 7. The minimum Gasteiger partial charge on any atom is -0.476 e. The monoisotopic (exact) mass is 582 g/mol. The topological polar surface area (TPSA) is 151 Å². The van der Waals surface area contributed by atoms with Crippen LogP contribution in [0.5, 0.6) is 0 Å². The predicted octanol–water partition coefficient (Wildman–Crippen LogP) is 4.38. The number of benzene rings is 1. The van der Waals surface area contributed by atoms with Crippen LogP contribution in [0.2, 0.25) is 5.15 Å². The van der Waals surface area contributed by atoms with E-state index in [1.807, 2.05) is 43.9 Å². The fraction of sp³-hybridized carbons (Fsp3) is 0.267. The van der Waals surface area contributed by atoms with Gasteiger partial charge in [-0.25, -0.2) is 14.8 Å². The first-order valence-electron chi connectivity index (χ1n) is 13.3. The van der Waals surface area contributed by atoms with Gasteiger partial charge in [0.15, 0.2) is 17.1 Å². The van der Waals surface area contributed by atoms with E-state index in [9.17, 15) is 20.0 Å². The average molecular weight is 583 g/mol. The Labute approximate surface area is 246 Å². The third-order valence-electron chi connectivity index (χ3n) is 7.35. The second-order valence-corrected chi connectivity index (χ2v) is 10.6. The lowest BCUT2D eigenvalue weighted by molar-refractivity contribution is 0.0691. The Balaban J connectivity index is 1.54. The molecule has 11 nitrogen and oxygen atoms in total. The molecule has 0 amide bonds. The third kappa shape index (κ3) is 5.30. The molecule has 1 unspecified atom stereocenters. The number of fused-ring (bicyclic) bond motifs is 1. The number of carboxylic acids is 1. The first-order valence-corrected chi connectivity index (χ1v) is 13.6. The van der Waals surface area contributed by atoms with Gasteiger partial charge in [0.1, 0.15) is 16.9 Å². The fourth-order valence-corrected chi connectivity index (χ4v) is 5.45. The molecule has 0 aliphatic carbocycles. The molecule has 0 bridgehead atoms. The molecular weight excluding hydrogens is 556 g/mol. The predicted molar refractivity (Wildman–Crippen MR) is 159 cm³/mol. The number of carboxylic acid groups (broad SMARTS) is 1. The van der Waals surface area contributed by atoms with Gasteiger partial charge < -0.3 is 20.2 Å². The molecular formula is C30H27ClN8O3. The highest BCUT2D eigenvalue weighted by Crippen LogP contribution is 2.29. The van der Waals surface area contributed by atoms with E-state index in [0.717, 1.165) is 11.3 Å². The van der Waals surface area contributed by atoms with Gasteiger partial charge in [0, 0.05) is 43.1 Å². The van der Waals surface area contributed by atoms with E-state index in [0.29, 0.717) is 42.2 Å². The van der Waals surface area contributed by atoms with Gasteiger partial charge >= 0.3 is 5.97 Å². The second-order valence-electron chi connectivity index (χ2n) is 10.2. The van der Waals surface area contributed by atoms with Gasteiger partial charge in [-0.1, -0.05) is 11.6 Å². The number of pyridine rings is 2. The summed E-state index contributed by atoms with van der Waals surface area (Å²) in [5.41, 5.74) is 2.88. The van der Waals surface area contributed by atoms with Gasteiger partial charge in [0.2, 0.25) is 0 Å². The van der Waals surface area contributed by atoms with Crippen molar-refractivity contribution >= 4 is 40.4 Å². The molecule has 4 aromatic rings. The van der Waals surface area contributed by atoms with E-state index in [1.54, 1.807) is 24.4 Å². The molecule has 2 atom stereocenters. The summed E-state index contributed by atoms with van der Waals surface area (Å²) >= 11 is 5.92. The van der Waals surface area contributed by atoms with Crippen molar-refractivity contribution in [3.8, 4) is 12.1 Å². The molecule has 212 valence electrons. The number of hydrogen-bond donors (Lipinski definition) is 2. The number of piperazine rings is 1. The maximum atomic E-state index is 13.7. The molecule has 0 saturated carbocycles. The Hall–Kier alpha value is -5.13. The number of carbonyl (C=O) groups is 1. The lowest BCUT2D eigenvalue weighted by Crippen LogP contribution is -2.53. The number of aromatic nitrogens is 3. The summed E-state index contributed by atoms with van der Waals surface area (Å²) < 4.78 is 1.38. The highest BCUT2D eigenvalue weighted by Gasteiger charge is 2.29. The van der Waals surface area contributed by atoms with Crippen LogP contribution in [0.3, 0.4) is 0 Å². The lowest BCUT2D eigenvalue weighted by atomic mass is 10.1. The zero-order valence-corrected chi connectivity index (χ0v) is 23.9. The average Bonchev–Trinajstić information content (AvgIpc) is 2.97. The number of nitriles is 2. The maximum Gasteiger partial charge on any atom is 0.356 e. The summed E-state index contributed by atoms with van der Waals surface area (Å²) in [7, 11) is 0. The van der Waals surface area contributed by atoms with Crippen LogP contribution in [0.15, 0.2) is 53.5 Å². The summed E-state index contributed by atoms with van der Waals surface area (Å²) in [5.74, 6) is -0.920. The van der Waals surface area contributed by atoms with Gasteiger partial charge in [0.05, 0.1) is 23.4 Å². The van der Waals surface area contributed by atoms with E-state index in [2.05, 4.69) is 27.3 Å². The number of aromatic carboxylic acids is 1. The minimum atomic E-state index is -1.23. The Morgan fingerprint density at radius 2 is 1.88 bits per heavy atom. The summed E-state index contributed by atoms with van der Waals surface area (Å²) in [6.07, 6.45) is 1.64. The van der Waals surface area contributed by atoms with Crippen molar-refractivity contribution in [2.75, 3.05) is 34.8 Å². The van der Waals surface area contributed by atoms with Crippen LogP contribution in [0.25, 0.3) is 5.65 Å². The van der Waals surface area contributed by atoms with Gasteiger partial charge in [-0.05, 0) is 68.8 Å². The Kier molecular flexibility index (Phi) is 7.70. The van der Waals surface area contributed by atoms with Crippen LogP contribution in [-0.2, 0) is 0 Å². The fourth-order valence-electron chi connectivity index (χ4n) is 5.30. The zero-order valence-electron chi connectivity index (χ0n) is 23.2. The normalized spacial score (nSPS) is 15.6. The van der Waals surface area contributed by atoms with E-state index < -0.39 is 17.6 Å². The Morgan fingerprint density at radius 3 is 2.52 bits per heavy atom. The molecule has 3 aromatic heterocycles. The van der Waals surface area contributed by atoms with Crippen molar-refractivity contribution in [1.29, 1.82) is 10.5 Å². The van der Waals surface area contributed by atoms with E-state index in [4.69, 9.17) is 21.8 Å². The summed E-state index contributed by atoms with van der Waals surface area (Å²) in [6.45, 7) is 7.45. The maximum absolute atomic E-state index is 13.7. The van der Waals surface area contributed by atoms with Crippen molar-refractivity contribution in [3.05, 3.63) is 92.1 Å². The van der Waals surface area contributed by atoms with Gasteiger partial charge in [-0.3, -0.25) is 9.20 Å². The molecule has 5 rings (SSSR count). The van der Waals surface area contributed by atoms with E-state index in [-0.39, 0.29) is 28.1 Å². The number of anilines is 3. The van der Waals surface area contributed by atoms with Crippen LogP contribution < -0.4 is 20.7 Å². The molecule has 2 N–H and O–H groups in total. The molecule has 0 spiro atoms. The van der Waals surface area contributed by atoms with Crippen LogP contribution in [0.1, 0.15) is 52.6 Å². The standard InChI is InChI=1S/C30H27ClN8O3/c1-17-12-22(19(3)34-24-8-9-25(31)35-26(24)30(41)42)27-36-28(23(14-33)29(40)39(27)15-17)38-11-10-37(16-18(38)2)21-6-4-20(13-32)5-7-21/h4-9,12,15,18-19,34H,10-11,16H2,1-3H3,(H,41,42)/t18-,19?/m0/s1. The summed E-state index contributed by atoms with van der Waals surface area (Å²) in [5, 5.41) is 32.0.